The standard InChI is InChI=1S/C18H22ClNO3S/c1-3-4-12-23-15-8-10-16(11-9-15)24(21,22)20-13-17-14(2)6-5-7-18(17)19/h5-11,20H,3-4,12-13H2,1-2H3. The van der Waals surface area contributed by atoms with Gasteiger partial charge in [-0.1, -0.05) is 37.1 Å². The summed E-state index contributed by atoms with van der Waals surface area (Å²) in [7, 11) is -3.60. The highest BCUT2D eigenvalue weighted by Gasteiger charge is 2.15. The van der Waals surface area contributed by atoms with E-state index in [2.05, 4.69) is 11.6 Å². The summed E-state index contributed by atoms with van der Waals surface area (Å²) >= 11 is 6.13. The monoisotopic (exact) mass is 367 g/mol. The number of sulfonamides is 1. The molecule has 130 valence electrons. The van der Waals surface area contributed by atoms with Gasteiger partial charge in [0, 0.05) is 11.6 Å². The van der Waals surface area contributed by atoms with E-state index in [1.807, 2.05) is 19.1 Å². The van der Waals surface area contributed by atoms with Crippen molar-refractivity contribution in [3.8, 4) is 5.75 Å². The lowest BCUT2D eigenvalue weighted by Gasteiger charge is -2.11. The van der Waals surface area contributed by atoms with Crippen LogP contribution in [0.15, 0.2) is 47.4 Å². The van der Waals surface area contributed by atoms with E-state index < -0.39 is 10.0 Å². The van der Waals surface area contributed by atoms with Gasteiger partial charge < -0.3 is 4.74 Å². The molecule has 0 spiro atoms. The fourth-order valence-corrected chi connectivity index (χ4v) is 3.47. The molecule has 24 heavy (non-hydrogen) atoms. The number of rotatable bonds is 8. The van der Waals surface area contributed by atoms with Crippen LogP contribution in [-0.4, -0.2) is 15.0 Å². The van der Waals surface area contributed by atoms with Gasteiger partial charge in [0.25, 0.3) is 0 Å². The molecule has 0 atom stereocenters. The third-order valence-electron chi connectivity index (χ3n) is 3.69. The van der Waals surface area contributed by atoms with E-state index in [1.54, 1.807) is 30.3 Å². The predicted octanol–water partition coefficient (Wildman–Crippen LogP) is 4.31. The second kappa shape index (κ2) is 8.51. The van der Waals surface area contributed by atoms with Crippen molar-refractivity contribution in [1.29, 1.82) is 0 Å². The largest absolute Gasteiger partial charge is 0.494 e. The SMILES string of the molecule is CCCCOc1ccc(S(=O)(=O)NCc2c(C)cccc2Cl)cc1. The zero-order valence-electron chi connectivity index (χ0n) is 13.9. The van der Waals surface area contributed by atoms with Crippen LogP contribution in [0.2, 0.25) is 5.02 Å². The van der Waals surface area contributed by atoms with Gasteiger partial charge in [0.05, 0.1) is 11.5 Å². The minimum atomic E-state index is -3.60. The molecule has 0 heterocycles. The number of halogens is 1. The van der Waals surface area contributed by atoms with Crippen LogP contribution in [0.4, 0.5) is 0 Å². The number of aryl methyl sites for hydroxylation is 1. The van der Waals surface area contributed by atoms with Crippen LogP contribution in [0.3, 0.4) is 0 Å². The minimum absolute atomic E-state index is 0.155. The van der Waals surface area contributed by atoms with Crippen LogP contribution in [-0.2, 0) is 16.6 Å². The molecule has 0 aliphatic carbocycles. The average molecular weight is 368 g/mol. The van der Waals surface area contributed by atoms with Crippen molar-refractivity contribution >= 4 is 21.6 Å². The van der Waals surface area contributed by atoms with Crippen LogP contribution >= 0.6 is 11.6 Å². The number of unbranched alkanes of at least 4 members (excludes halogenated alkanes) is 1. The van der Waals surface area contributed by atoms with Gasteiger partial charge in [-0.2, -0.15) is 0 Å². The Bertz CT molecular complexity index is 753. The smallest absolute Gasteiger partial charge is 0.240 e. The zero-order chi connectivity index (χ0) is 17.6. The lowest BCUT2D eigenvalue weighted by Crippen LogP contribution is -2.23. The first-order valence-electron chi connectivity index (χ1n) is 7.90. The molecule has 0 saturated heterocycles. The molecule has 0 amide bonds. The van der Waals surface area contributed by atoms with Gasteiger partial charge >= 0.3 is 0 Å². The Labute approximate surface area is 148 Å². The summed E-state index contributed by atoms with van der Waals surface area (Å²) in [6.07, 6.45) is 2.02. The molecule has 0 aromatic heterocycles. The molecular formula is C18H22ClNO3S. The van der Waals surface area contributed by atoms with Crippen molar-refractivity contribution in [3.05, 3.63) is 58.6 Å². The lowest BCUT2D eigenvalue weighted by atomic mass is 10.1. The lowest BCUT2D eigenvalue weighted by molar-refractivity contribution is 0.309. The molecule has 0 unspecified atom stereocenters. The first-order chi connectivity index (χ1) is 11.4. The predicted molar refractivity (Wildman–Crippen MR) is 97.1 cm³/mol. The zero-order valence-corrected chi connectivity index (χ0v) is 15.5. The fourth-order valence-electron chi connectivity index (χ4n) is 2.19. The Kier molecular flexibility index (Phi) is 6.66. The maximum Gasteiger partial charge on any atom is 0.240 e. The third-order valence-corrected chi connectivity index (χ3v) is 5.46. The Balaban J connectivity index is 2.05. The van der Waals surface area contributed by atoms with Gasteiger partial charge in [-0.3, -0.25) is 0 Å². The first-order valence-corrected chi connectivity index (χ1v) is 9.76. The van der Waals surface area contributed by atoms with Gasteiger partial charge in [0.15, 0.2) is 0 Å². The molecule has 2 rings (SSSR count). The van der Waals surface area contributed by atoms with Crippen molar-refractivity contribution in [2.75, 3.05) is 6.61 Å². The Hall–Kier alpha value is -1.56. The van der Waals surface area contributed by atoms with E-state index >= 15 is 0 Å². The Morgan fingerprint density at radius 2 is 1.83 bits per heavy atom. The van der Waals surface area contributed by atoms with Crippen LogP contribution < -0.4 is 9.46 Å². The van der Waals surface area contributed by atoms with Gasteiger partial charge in [-0.05, 0) is 54.8 Å². The topological polar surface area (TPSA) is 55.4 Å². The van der Waals surface area contributed by atoms with E-state index in [0.717, 1.165) is 24.0 Å². The number of nitrogens with one attached hydrogen (secondary N) is 1. The molecule has 2 aromatic rings. The van der Waals surface area contributed by atoms with E-state index in [-0.39, 0.29) is 11.4 Å². The van der Waals surface area contributed by atoms with Crippen LogP contribution in [0.1, 0.15) is 30.9 Å². The normalized spacial score (nSPS) is 11.5. The number of benzene rings is 2. The first kappa shape index (κ1) is 18.8. The quantitative estimate of drug-likeness (QED) is 0.707. The minimum Gasteiger partial charge on any atom is -0.494 e. The summed E-state index contributed by atoms with van der Waals surface area (Å²) in [6, 6.07) is 11.9. The molecule has 2 aromatic carbocycles. The van der Waals surface area contributed by atoms with Crippen molar-refractivity contribution < 1.29 is 13.2 Å². The highest BCUT2D eigenvalue weighted by molar-refractivity contribution is 7.89. The molecular weight excluding hydrogens is 346 g/mol. The summed E-state index contributed by atoms with van der Waals surface area (Å²) in [6.45, 7) is 4.78. The highest BCUT2D eigenvalue weighted by atomic mass is 35.5. The van der Waals surface area contributed by atoms with E-state index in [1.165, 1.54) is 0 Å². The molecule has 4 nitrogen and oxygen atoms in total. The van der Waals surface area contributed by atoms with E-state index in [4.69, 9.17) is 16.3 Å². The van der Waals surface area contributed by atoms with E-state index in [9.17, 15) is 8.42 Å². The highest BCUT2D eigenvalue weighted by Crippen LogP contribution is 2.21. The van der Waals surface area contributed by atoms with Crippen molar-refractivity contribution in [3.63, 3.8) is 0 Å². The Morgan fingerprint density at radius 1 is 1.12 bits per heavy atom. The second-order valence-electron chi connectivity index (χ2n) is 5.53. The number of ether oxygens (including phenoxy) is 1. The average Bonchev–Trinajstić information content (AvgIpc) is 2.55. The van der Waals surface area contributed by atoms with Crippen molar-refractivity contribution in [2.24, 2.45) is 0 Å². The van der Waals surface area contributed by atoms with Gasteiger partial charge in [0.1, 0.15) is 5.75 Å². The van der Waals surface area contributed by atoms with Crippen molar-refractivity contribution in [2.45, 2.75) is 38.1 Å². The maximum absolute atomic E-state index is 12.4. The van der Waals surface area contributed by atoms with Crippen LogP contribution in [0.5, 0.6) is 5.75 Å². The summed E-state index contributed by atoms with van der Waals surface area (Å²) < 4.78 is 32.9. The molecule has 6 heteroatoms. The molecule has 0 aliphatic rings. The maximum atomic E-state index is 12.4. The van der Waals surface area contributed by atoms with Gasteiger partial charge in [-0.25, -0.2) is 13.1 Å². The molecule has 0 bridgehead atoms. The van der Waals surface area contributed by atoms with Crippen LogP contribution in [0.25, 0.3) is 0 Å². The van der Waals surface area contributed by atoms with Crippen molar-refractivity contribution in [1.82, 2.24) is 4.72 Å². The summed E-state index contributed by atoms with van der Waals surface area (Å²) in [5, 5.41) is 0.553. The number of hydrogen-bond acceptors (Lipinski definition) is 3. The molecule has 0 radical (unpaired) electrons. The van der Waals surface area contributed by atoms with Gasteiger partial charge in [-0.15, -0.1) is 0 Å². The third kappa shape index (κ3) is 4.97. The molecule has 0 fully saturated rings. The van der Waals surface area contributed by atoms with E-state index in [0.29, 0.717) is 17.4 Å². The summed E-state index contributed by atoms with van der Waals surface area (Å²) in [5.41, 5.74) is 1.73. The molecule has 1 N–H and O–H groups in total. The number of hydrogen-bond donors (Lipinski definition) is 1. The van der Waals surface area contributed by atoms with Gasteiger partial charge in [0.2, 0.25) is 10.0 Å². The molecule has 0 saturated carbocycles. The second-order valence-corrected chi connectivity index (χ2v) is 7.71. The Morgan fingerprint density at radius 3 is 2.46 bits per heavy atom. The fraction of sp³-hybridized carbons (Fsp3) is 0.333. The summed E-state index contributed by atoms with van der Waals surface area (Å²) in [4.78, 5) is 0.204. The summed E-state index contributed by atoms with van der Waals surface area (Å²) in [5.74, 6) is 0.671. The van der Waals surface area contributed by atoms with Crippen LogP contribution in [0, 0.1) is 6.92 Å². The molecule has 0 aliphatic heterocycles.